The topological polar surface area (TPSA) is 92.3 Å². The molecule has 0 saturated carbocycles. The van der Waals surface area contributed by atoms with Gasteiger partial charge in [0, 0.05) is 34.6 Å². The second-order valence-corrected chi connectivity index (χ2v) is 13.4. The molecule has 0 spiro atoms. The van der Waals surface area contributed by atoms with Gasteiger partial charge in [-0.15, -0.1) is 0 Å². The van der Waals surface area contributed by atoms with Gasteiger partial charge in [0.15, 0.2) is 0 Å². The van der Waals surface area contributed by atoms with Crippen LogP contribution in [0.2, 0.25) is 20.1 Å². The summed E-state index contributed by atoms with van der Waals surface area (Å²) in [4.78, 5) is -0.160. The number of rotatable bonds is 11. The van der Waals surface area contributed by atoms with Gasteiger partial charge in [-0.3, -0.25) is 0 Å². The average molecular weight is 570 g/mol. The summed E-state index contributed by atoms with van der Waals surface area (Å²) in [5.74, 6) is 0.934. The summed E-state index contributed by atoms with van der Waals surface area (Å²) in [5, 5.41) is 0.708. The van der Waals surface area contributed by atoms with Crippen molar-refractivity contribution in [3.63, 3.8) is 0 Å². The standard InChI is InChI=1S/C16H16Cl4N2O4S4/c17-11-1-3-13(19)15(9-11)29(23,24)21-5-7-27-28-8-6-22-30(25,26)16-10-12(18)2-4-14(16)20/h1-4,9-10,21-22H,5-8H2. The summed E-state index contributed by atoms with van der Waals surface area (Å²) in [6.07, 6.45) is 0. The molecule has 0 aromatic heterocycles. The van der Waals surface area contributed by atoms with Crippen molar-refractivity contribution in [1.29, 1.82) is 0 Å². The minimum absolute atomic E-state index is 0.0802. The normalized spacial score (nSPS) is 12.3. The van der Waals surface area contributed by atoms with Crippen LogP contribution in [0.15, 0.2) is 46.2 Å². The van der Waals surface area contributed by atoms with E-state index in [1.807, 2.05) is 0 Å². The highest BCUT2D eigenvalue weighted by molar-refractivity contribution is 8.76. The lowest BCUT2D eigenvalue weighted by Crippen LogP contribution is -2.27. The SMILES string of the molecule is O=S(=O)(NCCSSCCNS(=O)(=O)c1cc(Cl)ccc1Cl)c1cc(Cl)ccc1Cl. The summed E-state index contributed by atoms with van der Waals surface area (Å²) in [6.45, 7) is 0.347. The van der Waals surface area contributed by atoms with Gasteiger partial charge < -0.3 is 0 Å². The van der Waals surface area contributed by atoms with Gasteiger partial charge in [0.25, 0.3) is 0 Å². The third-order valence-corrected chi connectivity index (χ3v) is 10.2. The zero-order valence-electron chi connectivity index (χ0n) is 15.1. The van der Waals surface area contributed by atoms with Crippen molar-refractivity contribution in [1.82, 2.24) is 9.44 Å². The number of benzene rings is 2. The first-order valence-electron chi connectivity index (χ1n) is 8.17. The summed E-state index contributed by atoms with van der Waals surface area (Å²) in [5.41, 5.74) is 0. The van der Waals surface area contributed by atoms with Crippen LogP contribution in [0.4, 0.5) is 0 Å². The van der Waals surface area contributed by atoms with Crippen LogP contribution in [0.5, 0.6) is 0 Å². The van der Waals surface area contributed by atoms with Gasteiger partial charge in [0.2, 0.25) is 20.0 Å². The van der Waals surface area contributed by atoms with E-state index in [4.69, 9.17) is 46.4 Å². The van der Waals surface area contributed by atoms with E-state index in [0.717, 1.165) is 0 Å². The molecule has 0 bridgehead atoms. The molecule has 0 aliphatic rings. The maximum absolute atomic E-state index is 12.3. The molecule has 2 aromatic carbocycles. The van der Waals surface area contributed by atoms with Gasteiger partial charge in [-0.1, -0.05) is 68.0 Å². The average Bonchev–Trinajstić information content (AvgIpc) is 2.67. The van der Waals surface area contributed by atoms with Crippen molar-refractivity contribution >= 4 is 88.0 Å². The lowest BCUT2D eigenvalue weighted by atomic mass is 10.4. The van der Waals surface area contributed by atoms with Gasteiger partial charge in [0.1, 0.15) is 9.79 Å². The predicted octanol–water partition coefficient (Wildman–Crippen LogP) is 4.94. The molecule has 2 rings (SSSR count). The Kier molecular flexibility index (Phi) is 10.4. The number of sulfonamides is 2. The number of hydrogen-bond donors (Lipinski definition) is 2. The van der Waals surface area contributed by atoms with Gasteiger partial charge >= 0.3 is 0 Å². The molecule has 0 aliphatic heterocycles. The number of hydrogen-bond acceptors (Lipinski definition) is 6. The molecule has 0 amide bonds. The van der Waals surface area contributed by atoms with Crippen LogP contribution >= 0.6 is 68.0 Å². The molecule has 0 unspecified atom stereocenters. The van der Waals surface area contributed by atoms with Crippen LogP contribution in [-0.4, -0.2) is 41.4 Å². The third-order valence-electron chi connectivity index (χ3n) is 3.40. The molecule has 0 aliphatic carbocycles. The minimum Gasteiger partial charge on any atom is -0.210 e. The number of nitrogens with one attached hydrogen (secondary N) is 2. The highest BCUT2D eigenvalue weighted by Crippen LogP contribution is 2.26. The van der Waals surface area contributed by atoms with E-state index >= 15 is 0 Å². The molecule has 14 heteroatoms. The van der Waals surface area contributed by atoms with Crippen molar-refractivity contribution in [2.45, 2.75) is 9.79 Å². The van der Waals surface area contributed by atoms with Gasteiger partial charge in [-0.05, 0) is 36.4 Å². The van der Waals surface area contributed by atoms with E-state index in [2.05, 4.69) is 9.44 Å². The van der Waals surface area contributed by atoms with Crippen molar-refractivity contribution in [2.75, 3.05) is 24.6 Å². The van der Waals surface area contributed by atoms with Crippen molar-refractivity contribution in [2.24, 2.45) is 0 Å². The molecule has 30 heavy (non-hydrogen) atoms. The first-order valence-corrected chi connectivity index (χ1v) is 15.1. The maximum Gasteiger partial charge on any atom is 0.242 e. The van der Waals surface area contributed by atoms with Crippen LogP contribution in [0.1, 0.15) is 0 Å². The lowest BCUT2D eigenvalue weighted by molar-refractivity contribution is 0.582. The first kappa shape index (κ1) is 26.4. The molecular weight excluding hydrogens is 554 g/mol. The maximum atomic E-state index is 12.3. The highest BCUT2D eigenvalue weighted by atomic mass is 35.5. The van der Waals surface area contributed by atoms with E-state index < -0.39 is 20.0 Å². The van der Waals surface area contributed by atoms with E-state index in [1.54, 1.807) is 0 Å². The fraction of sp³-hybridized carbons (Fsp3) is 0.250. The first-order chi connectivity index (χ1) is 14.0. The summed E-state index contributed by atoms with van der Waals surface area (Å²) in [6, 6.07) is 8.41. The molecule has 0 atom stereocenters. The molecular formula is C16H16Cl4N2O4S4. The Morgan fingerprint density at radius 1 is 0.667 bits per heavy atom. The zero-order valence-corrected chi connectivity index (χ0v) is 21.4. The molecule has 0 fully saturated rings. The predicted molar refractivity (Wildman–Crippen MR) is 128 cm³/mol. The Bertz CT molecular complexity index is 1010. The molecule has 0 saturated heterocycles. The fourth-order valence-corrected chi connectivity index (χ4v) is 7.73. The van der Waals surface area contributed by atoms with Crippen molar-refractivity contribution in [3.05, 3.63) is 56.5 Å². The molecule has 0 heterocycles. The largest absolute Gasteiger partial charge is 0.242 e. The second kappa shape index (κ2) is 11.8. The van der Waals surface area contributed by atoms with Crippen LogP contribution in [0, 0.1) is 0 Å². The minimum atomic E-state index is -3.77. The summed E-state index contributed by atoms with van der Waals surface area (Å²) in [7, 11) is -4.75. The lowest BCUT2D eigenvalue weighted by Gasteiger charge is -2.09. The van der Waals surface area contributed by atoms with E-state index in [1.165, 1.54) is 58.0 Å². The van der Waals surface area contributed by atoms with Gasteiger partial charge in [-0.2, -0.15) is 0 Å². The highest BCUT2D eigenvalue weighted by Gasteiger charge is 2.19. The zero-order chi connectivity index (χ0) is 22.4. The van der Waals surface area contributed by atoms with Crippen LogP contribution < -0.4 is 9.44 Å². The smallest absolute Gasteiger partial charge is 0.210 e. The summed E-state index contributed by atoms with van der Waals surface area (Å²) >= 11 is 23.5. The van der Waals surface area contributed by atoms with Crippen molar-refractivity contribution < 1.29 is 16.8 Å². The Morgan fingerprint density at radius 2 is 1.03 bits per heavy atom. The fourth-order valence-electron chi connectivity index (χ4n) is 2.08. The monoisotopic (exact) mass is 568 g/mol. The molecule has 0 radical (unpaired) electrons. The third kappa shape index (κ3) is 7.91. The Hall–Kier alpha value is 0.120. The van der Waals surface area contributed by atoms with Gasteiger partial charge in [-0.25, -0.2) is 26.3 Å². The Labute approximate surface area is 203 Å². The van der Waals surface area contributed by atoms with Gasteiger partial charge in [0.05, 0.1) is 10.0 Å². The molecule has 2 N–H and O–H groups in total. The molecule has 166 valence electrons. The molecule has 2 aromatic rings. The number of halogens is 4. The van der Waals surface area contributed by atoms with Crippen LogP contribution in [0.3, 0.4) is 0 Å². The van der Waals surface area contributed by atoms with E-state index in [9.17, 15) is 16.8 Å². The van der Waals surface area contributed by atoms with Crippen LogP contribution in [-0.2, 0) is 20.0 Å². The molecule has 6 nitrogen and oxygen atoms in total. The second-order valence-electron chi connectivity index (χ2n) is 5.59. The van der Waals surface area contributed by atoms with E-state index in [-0.39, 0.29) is 43.0 Å². The van der Waals surface area contributed by atoms with E-state index in [0.29, 0.717) is 11.5 Å². The summed E-state index contributed by atoms with van der Waals surface area (Å²) < 4.78 is 54.0. The Balaban J connectivity index is 1.71. The quantitative estimate of drug-likeness (QED) is 0.294. The van der Waals surface area contributed by atoms with Crippen molar-refractivity contribution in [3.8, 4) is 0 Å². The van der Waals surface area contributed by atoms with Crippen LogP contribution in [0.25, 0.3) is 0 Å². The Morgan fingerprint density at radius 3 is 1.40 bits per heavy atom.